The fourth-order valence-electron chi connectivity index (χ4n) is 2.43. The van der Waals surface area contributed by atoms with Gasteiger partial charge >= 0.3 is 0 Å². The molecule has 112 valence electrons. The minimum atomic E-state index is -0.101. The first-order chi connectivity index (χ1) is 9.58. The van der Waals surface area contributed by atoms with Gasteiger partial charge in [0.15, 0.2) is 6.29 Å². The van der Waals surface area contributed by atoms with E-state index in [-0.39, 0.29) is 5.91 Å². The average molecular weight is 279 g/mol. The van der Waals surface area contributed by atoms with Gasteiger partial charge in [0.2, 0.25) is 0 Å². The first-order valence-electron chi connectivity index (χ1n) is 7.26. The van der Waals surface area contributed by atoms with Crippen LogP contribution in [0.25, 0.3) is 0 Å². The van der Waals surface area contributed by atoms with Crippen LogP contribution >= 0.6 is 0 Å². The topological polar surface area (TPSA) is 65.2 Å². The second-order valence-electron chi connectivity index (χ2n) is 4.77. The fourth-order valence-corrected chi connectivity index (χ4v) is 2.43. The standard InChI is InChI=1S/C15H25N3O2/c1-5-12-13(10-19)17-11(4)14(12)15(20)16-8-9-18(6-2)7-3/h10,17H,5-9H2,1-4H3,(H,16,20). The van der Waals surface area contributed by atoms with Gasteiger partial charge in [-0.3, -0.25) is 9.59 Å². The number of hydrogen-bond donors (Lipinski definition) is 2. The zero-order valence-corrected chi connectivity index (χ0v) is 12.9. The third kappa shape index (κ3) is 3.70. The van der Waals surface area contributed by atoms with E-state index in [2.05, 4.69) is 29.0 Å². The van der Waals surface area contributed by atoms with Gasteiger partial charge in [0.05, 0.1) is 11.3 Å². The number of nitrogens with zero attached hydrogens (tertiary/aromatic N) is 1. The first kappa shape index (κ1) is 16.4. The molecule has 2 N–H and O–H groups in total. The van der Waals surface area contributed by atoms with Crippen molar-refractivity contribution in [2.75, 3.05) is 26.2 Å². The number of rotatable bonds is 8. The summed E-state index contributed by atoms with van der Waals surface area (Å²) in [5, 5.41) is 2.93. The predicted octanol–water partition coefficient (Wildman–Crippen LogP) is 1.77. The predicted molar refractivity (Wildman–Crippen MR) is 80.4 cm³/mol. The second kappa shape index (κ2) is 7.85. The Balaban J connectivity index is 2.73. The van der Waals surface area contributed by atoms with E-state index in [1.54, 1.807) is 0 Å². The summed E-state index contributed by atoms with van der Waals surface area (Å²) in [5.74, 6) is -0.101. The van der Waals surface area contributed by atoms with Gasteiger partial charge in [-0.25, -0.2) is 0 Å². The van der Waals surface area contributed by atoms with Crippen LogP contribution in [0.4, 0.5) is 0 Å². The van der Waals surface area contributed by atoms with E-state index < -0.39 is 0 Å². The summed E-state index contributed by atoms with van der Waals surface area (Å²) in [6.07, 6.45) is 1.44. The lowest BCUT2D eigenvalue weighted by Gasteiger charge is -2.18. The van der Waals surface area contributed by atoms with Crippen molar-refractivity contribution in [3.8, 4) is 0 Å². The van der Waals surface area contributed by atoms with Crippen molar-refractivity contribution >= 4 is 12.2 Å². The number of amides is 1. The van der Waals surface area contributed by atoms with Gasteiger partial charge in [0.1, 0.15) is 0 Å². The Morgan fingerprint density at radius 3 is 2.45 bits per heavy atom. The van der Waals surface area contributed by atoms with Gasteiger partial charge in [-0.15, -0.1) is 0 Å². The van der Waals surface area contributed by atoms with Crippen molar-refractivity contribution in [2.45, 2.75) is 34.1 Å². The van der Waals surface area contributed by atoms with Crippen LogP contribution < -0.4 is 5.32 Å². The molecule has 0 saturated heterocycles. The van der Waals surface area contributed by atoms with Crippen molar-refractivity contribution in [3.63, 3.8) is 0 Å². The minimum Gasteiger partial charge on any atom is -0.356 e. The summed E-state index contributed by atoms with van der Waals surface area (Å²) >= 11 is 0. The van der Waals surface area contributed by atoms with Crippen molar-refractivity contribution in [2.24, 2.45) is 0 Å². The smallest absolute Gasteiger partial charge is 0.253 e. The summed E-state index contributed by atoms with van der Waals surface area (Å²) in [4.78, 5) is 28.5. The van der Waals surface area contributed by atoms with Gasteiger partial charge in [-0.2, -0.15) is 0 Å². The Hall–Kier alpha value is -1.62. The fraction of sp³-hybridized carbons (Fsp3) is 0.600. The number of aryl methyl sites for hydroxylation is 1. The quantitative estimate of drug-likeness (QED) is 0.713. The van der Waals surface area contributed by atoms with Crippen LogP contribution in [-0.2, 0) is 6.42 Å². The van der Waals surface area contributed by atoms with Crippen LogP contribution in [0.15, 0.2) is 0 Å². The molecular formula is C15H25N3O2. The Morgan fingerprint density at radius 1 is 1.30 bits per heavy atom. The Labute approximate surface area is 120 Å². The van der Waals surface area contributed by atoms with E-state index >= 15 is 0 Å². The SMILES string of the molecule is CCc1c(C=O)[nH]c(C)c1C(=O)NCCN(CC)CC. The third-order valence-electron chi connectivity index (χ3n) is 3.63. The van der Waals surface area contributed by atoms with E-state index in [1.165, 1.54) is 0 Å². The normalized spacial score (nSPS) is 10.8. The number of aromatic amines is 1. The second-order valence-corrected chi connectivity index (χ2v) is 4.77. The van der Waals surface area contributed by atoms with Crippen molar-refractivity contribution in [3.05, 3.63) is 22.5 Å². The number of aldehydes is 1. The lowest BCUT2D eigenvalue weighted by Crippen LogP contribution is -2.35. The van der Waals surface area contributed by atoms with Crippen LogP contribution in [0, 0.1) is 6.92 Å². The maximum absolute atomic E-state index is 12.3. The van der Waals surface area contributed by atoms with Crippen LogP contribution in [0.1, 0.15) is 52.9 Å². The summed E-state index contributed by atoms with van der Waals surface area (Å²) in [6.45, 7) is 11.4. The molecule has 1 amide bonds. The highest BCUT2D eigenvalue weighted by molar-refractivity contribution is 5.99. The van der Waals surface area contributed by atoms with Gasteiger partial charge in [-0.1, -0.05) is 20.8 Å². The zero-order chi connectivity index (χ0) is 15.1. The van der Waals surface area contributed by atoms with Gasteiger partial charge in [0.25, 0.3) is 5.91 Å². The third-order valence-corrected chi connectivity index (χ3v) is 3.63. The molecule has 0 fully saturated rings. The highest BCUT2D eigenvalue weighted by Gasteiger charge is 2.19. The molecule has 1 heterocycles. The van der Waals surface area contributed by atoms with E-state index in [4.69, 9.17) is 0 Å². The van der Waals surface area contributed by atoms with Crippen molar-refractivity contribution < 1.29 is 9.59 Å². The molecule has 1 rings (SSSR count). The van der Waals surface area contributed by atoms with Crippen molar-refractivity contribution in [1.29, 1.82) is 0 Å². The molecule has 0 aliphatic carbocycles. The van der Waals surface area contributed by atoms with Crippen LogP contribution in [0.5, 0.6) is 0 Å². The number of likely N-dealkylation sites (N-methyl/N-ethyl adjacent to an activating group) is 1. The molecule has 0 aromatic carbocycles. The maximum Gasteiger partial charge on any atom is 0.253 e. The zero-order valence-electron chi connectivity index (χ0n) is 12.9. The average Bonchev–Trinajstić information content (AvgIpc) is 2.79. The molecule has 0 spiro atoms. The van der Waals surface area contributed by atoms with Crippen LogP contribution in [0.3, 0.4) is 0 Å². The number of hydrogen-bond acceptors (Lipinski definition) is 3. The number of nitrogens with one attached hydrogen (secondary N) is 2. The Bertz CT molecular complexity index is 462. The summed E-state index contributed by atoms with van der Waals surface area (Å²) in [7, 11) is 0. The van der Waals surface area contributed by atoms with Crippen LogP contribution in [0.2, 0.25) is 0 Å². The molecule has 0 radical (unpaired) electrons. The number of H-pyrrole nitrogens is 1. The molecular weight excluding hydrogens is 254 g/mol. The number of carbonyl (C=O) groups excluding carboxylic acids is 2. The molecule has 5 nitrogen and oxygen atoms in total. The van der Waals surface area contributed by atoms with Gasteiger partial charge in [0, 0.05) is 18.8 Å². The molecule has 1 aromatic heterocycles. The molecule has 5 heteroatoms. The Kier molecular flexibility index (Phi) is 6.45. The van der Waals surface area contributed by atoms with Crippen molar-refractivity contribution in [1.82, 2.24) is 15.2 Å². The lowest BCUT2D eigenvalue weighted by atomic mass is 10.1. The molecule has 0 atom stereocenters. The highest BCUT2D eigenvalue weighted by Crippen LogP contribution is 2.18. The molecule has 1 aromatic rings. The first-order valence-corrected chi connectivity index (χ1v) is 7.26. The van der Waals surface area contributed by atoms with Gasteiger partial charge in [-0.05, 0) is 32.0 Å². The molecule has 0 aliphatic rings. The number of aromatic nitrogens is 1. The van der Waals surface area contributed by atoms with E-state index in [1.807, 2.05) is 13.8 Å². The Morgan fingerprint density at radius 2 is 1.95 bits per heavy atom. The lowest BCUT2D eigenvalue weighted by molar-refractivity contribution is 0.0947. The summed E-state index contributed by atoms with van der Waals surface area (Å²) in [6, 6.07) is 0. The molecule has 0 unspecified atom stereocenters. The van der Waals surface area contributed by atoms with E-state index in [9.17, 15) is 9.59 Å². The largest absolute Gasteiger partial charge is 0.356 e. The van der Waals surface area contributed by atoms with E-state index in [0.29, 0.717) is 24.2 Å². The monoisotopic (exact) mass is 279 g/mol. The molecule has 0 bridgehead atoms. The maximum atomic E-state index is 12.3. The number of carbonyl (C=O) groups is 2. The minimum absolute atomic E-state index is 0.101. The molecule has 20 heavy (non-hydrogen) atoms. The summed E-state index contributed by atoms with van der Waals surface area (Å²) < 4.78 is 0. The molecule has 0 saturated carbocycles. The summed E-state index contributed by atoms with van der Waals surface area (Å²) in [5.41, 5.74) is 2.69. The molecule has 0 aliphatic heterocycles. The van der Waals surface area contributed by atoms with Gasteiger partial charge < -0.3 is 15.2 Å². The van der Waals surface area contributed by atoms with Crippen LogP contribution in [-0.4, -0.2) is 48.3 Å². The van der Waals surface area contributed by atoms with E-state index in [0.717, 1.165) is 37.2 Å². The highest BCUT2D eigenvalue weighted by atomic mass is 16.1.